The van der Waals surface area contributed by atoms with Gasteiger partial charge in [-0.2, -0.15) is 0 Å². The largest absolute Gasteiger partial charge is 0.307 e. The van der Waals surface area contributed by atoms with Crippen LogP contribution in [0.5, 0.6) is 0 Å². The molecule has 0 radical (unpaired) electrons. The Morgan fingerprint density at radius 2 is 2.18 bits per heavy atom. The molecule has 92 valence electrons. The molecule has 1 aromatic rings. The van der Waals surface area contributed by atoms with E-state index in [4.69, 9.17) is 0 Å². The van der Waals surface area contributed by atoms with Gasteiger partial charge < -0.3 is 5.32 Å². The molecular weight excluding hydrogens is 285 g/mol. The van der Waals surface area contributed by atoms with Crippen LogP contribution in [0.4, 0.5) is 4.39 Å². The quantitative estimate of drug-likeness (QED) is 0.849. The van der Waals surface area contributed by atoms with Crippen LogP contribution >= 0.6 is 15.9 Å². The van der Waals surface area contributed by atoms with Gasteiger partial charge in [0, 0.05) is 4.47 Å². The van der Waals surface area contributed by atoms with Crippen molar-refractivity contribution in [3.05, 3.63) is 34.1 Å². The Morgan fingerprint density at radius 1 is 1.35 bits per heavy atom. The molecule has 1 aliphatic heterocycles. The fourth-order valence-electron chi connectivity index (χ4n) is 2.13. The molecule has 17 heavy (non-hydrogen) atoms. The van der Waals surface area contributed by atoms with Gasteiger partial charge in [0.05, 0.1) is 11.6 Å². The van der Waals surface area contributed by atoms with Crippen molar-refractivity contribution in [3.8, 4) is 0 Å². The number of hydrogen-bond donors (Lipinski definition) is 1. The number of halogens is 2. The van der Waals surface area contributed by atoms with Crippen molar-refractivity contribution in [2.75, 3.05) is 6.54 Å². The summed E-state index contributed by atoms with van der Waals surface area (Å²) in [7, 11) is 0. The molecule has 1 atom stereocenters. The van der Waals surface area contributed by atoms with E-state index in [0.29, 0.717) is 0 Å². The summed E-state index contributed by atoms with van der Waals surface area (Å²) in [5, 5.41) is 3.20. The lowest BCUT2D eigenvalue weighted by Crippen LogP contribution is -2.36. The highest BCUT2D eigenvalue weighted by Crippen LogP contribution is 2.19. The second-order valence-electron chi connectivity index (χ2n) is 4.34. The van der Waals surface area contributed by atoms with Gasteiger partial charge in [-0.1, -0.05) is 28.8 Å². The maximum Gasteiger partial charge on any atom is 0.182 e. The zero-order valence-corrected chi connectivity index (χ0v) is 11.1. The molecule has 0 spiro atoms. The second-order valence-corrected chi connectivity index (χ2v) is 5.26. The van der Waals surface area contributed by atoms with Crippen LogP contribution < -0.4 is 5.32 Å². The minimum Gasteiger partial charge on any atom is -0.307 e. The number of rotatable bonds is 2. The summed E-state index contributed by atoms with van der Waals surface area (Å²) in [6, 6.07) is 4.26. The van der Waals surface area contributed by atoms with Gasteiger partial charge in [0.1, 0.15) is 5.82 Å². The molecule has 1 aliphatic rings. The maximum atomic E-state index is 13.6. The van der Waals surface area contributed by atoms with Crippen LogP contribution in [0.3, 0.4) is 0 Å². The van der Waals surface area contributed by atoms with Crippen molar-refractivity contribution >= 4 is 21.7 Å². The molecule has 0 aromatic heterocycles. The van der Waals surface area contributed by atoms with Gasteiger partial charge >= 0.3 is 0 Å². The summed E-state index contributed by atoms with van der Waals surface area (Å²) >= 11 is 3.26. The fourth-order valence-corrected chi connectivity index (χ4v) is 2.49. The Balaban J connectivity index is 2.20. The van der Waals surface area contributed by atoms with E-state index in [9.17, 15) is 9.18 Å². The highest BCUT2D eigenvalue weighted by molar-refractivity contribution is 9.10. The van der Waals surface area contributed by atoms with Crippen LogP contribution in [-0.2, 0) is 0 Å². The van der Waals surface area contributed by atoms with E-state index >= 15 is 0 Å². The first-order valence-electron chi connectivity index (χ1n) is 5.91. The van der Waals surface area contributed by atoms with E-state index in [1.165, 1.54) is 6.07 Å². The Labute approximate surface area is 109 Å². The lowest BCUT2D eigenvalue weighted by molar-refractivity contribution is 0.0936. The molecule has 1 fully saturated rings. The number of hydrogen-bond acceptors (Lipinski definition) is 2. The van der Waals surface area contributed by atoms with Crippen LogP contribution in [0, 0.1) is 5.82 Å². The summed E-state index contributed by atoms with van der Waals surface area (Å²) in [5.74, 6) is -0.574. The van der Waals surface area contributed by atoms with Crippen LogP contribution in [-0.4, -0.2) is 18.4 Å². The first-order chi connectivity index (χ1) is 8.18. The molecule has 0 bridgehead atoms. The predicted octanol–water partition coefficient (Wildman–Crippen LogP) is 3.30. The third-order valence-electron chi connectivity index (χ3n) is 3.07. The van der Waals surface area contributed by atoms with E-state index in [1.807, 2.05) is 0 Å². The monoisotopic (exact) mass is 299 g/mol. The average Bonchev–Trinajstić information content (AvgIpc) is 2.60. The fraction of sp³-hybridized carbons (Fsp3) is 0.462. The van der Waals surface area contributed by atoms with Gasteiger partial charge in [0.15, 0.2) is 5.78 Å². The van der Waals surface area contributed by atoms with Crippen molar-refractivity contribution in [2.45, 2.75) is 31.7 Å². The van der Waals surface area contributed by atoms with Gasteiger partial charge in [-0.05, 0) is 37.6 Å². The summed E-state index contributed by atoms with van der Waals surface area (Å²) in [4.78, 5) is 12.2. The zero-order valence-electron chi connectivity index (χ0n) is 9.51. The summed E-state index contributed by atoms with van der Waals surface area (Å²) in [6.07, 6.45) is 4.05. The van der Waals surface area contributed by atoms with Crippen molar-refractivity contribution < 1.29 is 9.18 Å². The molecule has 1 saturated heterocycles. The number of benzene rings is 1. The number of ketones is 1. The van der Waals surface area contributed by atoms with E-state index in [1.54, 1.807) is 12.1 Å². The van der Waals surface area contributed by atoms with Crippen molar-refractivity contribution in [3.63, 3.8) is 0 Å². The molecule has 2 nitrogen and oxygen atoms in total. The van der Waals surface area contributed by atoms with E-state index in [-0.39, 0.29) is 17.4 Å². The summed E-state index contributed by atoms with van der Waals surface area (Å²) in [5.41, 5.74) is 0.179. The van der Waals surface area contributed by atoms with Gasteiger partial charge in [-0.3, -0.25) is 4.79 Å². The summed E-state index contributed by atoms with van der Waals surface area (Å²) in [6.45, 7) is 0.839. The number of nitrogens with one attached hydrogen (secondary N) is 1. The molecule has 1 heterocycles. The van der Waals surface area contributed by atoms with E-state index < -0.39 is 5.82 Å². The molecule has 0 saturated carbocycles. The Bertz CT molecular complexity index is 414. The standard InChI is InChI=1S/C13H15BrFNO/c14-9-5-6-11(15)10(8-9)13(17)12-4-2-1-3-7-16-12/h5-6,8,12,16H,1-4,7H2. The van der Waals surface area contributed by atoms with Crippen LogP contribution in [0.25, 0.3) is 0 Å². The zero-order chi connectivity index (χ0) is 12.3. The Kier molecular flexibility index (Phi) is 4.29. The van der Waals surface area contributed by atoms with Crippen molar-refractivity contribution in [1.82, 2.24) is 5.32 Å². The third-order valence-corrected chi connectivity index (χ3v) is 3.56. The second kappa shape index (κ2) is 5.74. The molecule has 0 amide bonds. The molecule has 4 heteroatoms. The van der Waals surface area contributed by atoms with Crippen molar-refractivity contribution in [2.24, 2.45) is 0 Å². The van der Waals surface area contributed by atoms with E-state index in [2.05, 4.69) is 21.2 Å². The van der Waals surface area contributed by atoms with Crippen LogP contribution in [0.15, 0.2) is 22.7 Å². The molecule has 2 rings (SSSR count). The molecular formula is C13H15BrFNO. The first kappa shape index (κ1) is 12.7. The van der Waals surface area contributed by atoms with E-state index in [0.717, 1.165) is 36.7 Å². The lowest BCUT2D eigenvalue weighted by atomic mass is 10.00. The highest BCUT2D eigenvalue weighted by Gasteiger charge is 2.23. The number of Topliss-reactive ketones (excluding diaryl/α,β-unsaturated/α-hetero) is 1. The van der Waals surface area contributed by atoms with Crippen LogP contribution in [0.2, 0.25) is 0 Å². The molecule has 1 aromatic carbocycles. The van der Waals surface area contributed by atoms with Gasteiger partial charge in [-0.15, -0.1) is 0 Å². The number of carbonyl (C=O) groups excluding carboxylic acids is 1. The minimum atomic E-state index is -0.441. The maximum absolute atomic E-state index is 13.6. The van der Waals surface area contributed by atoms with Gasteiger partial charge in [0.2, 0.25) is 0 Å². The van der Waals surface area contributed by atoms with Gasteiger partial charge in [-0.25, -0.2) is 4.39 Å². The average molecular weight is 300 g/mol. The SMILES string of the molecule is O=C(c1cc(Br)ccc1F)C1CCCCCN1. The smallest absolute Gasteiger partial charge is 0.182 e. The topological polar surface area (TPSA) is 29.1 Å². The molecule has 0 aliphatic carbocycles. The molecule has 1 N–H and O–H groups in total. The first-order valence-corrected chi connectivity index (χ1v) is 6.70. The summed E-state index contributed by atoms with van der Waals surface area (Å²) < 4.78 is 14.3. The lowest BCUT2D eigenvalue weighted by Gasteiger charge is -2.15. The third kappa shape index (κ3) is 3.13. The highest BCUT2D eigenvalue weighted by atomic mass is 79.9. The Hall–Kier alpha value is -0.740. The van der Waals surface area contributed by atoms with Crippen LogP contribution in [0.1, 0.15) is 36.0 Å². The van der Waals surface area contributed by atoms with Gasteiger partial charge in [0.25, 0.3) is 0 Å². The predicted molar refractivity (Wildman–Crippen MR) is 68.7 cm³/mol. The Morgan fingerprint density at radius 3 is 3.00 bits per heavy atom. The van der Waals surface area contributed by atoms with Crippen molar-refractivity contribution in [1.29, 1.82) is 0 Å². The molecule has 1 unspecified atom stereocenters. The number of carbonyl (C=O) groups is 1. The minimum absolute atomic E-state index is 0.134. The normalized spacial score (nSPS) is 20.9.